The number of phosphoric ester groups is 2. The van der Waals surface area contributed by atoms with Gasteiger partial charge in [0.25, 0.3) is 0 Å². The summed E-state index contributed by atoms with van der Waals surface area (Å²) in [6.07, 6.45) is 63.8. The lowest BCUT2D eigenvalue weighted by Gasteiger charge is -2.21. The van der Waals surface area contributed by atoms with E-state index in [2.05, 4.69) is 34.6 Å². The largest absolute Gasteiger partial charge is 0.472 e. The second kappa shape index (κ2) is 73.0. The van der Waals surface area contributed by atoms with Crippen LogP contribution in [0.15, 0.2) is 0 Å². The van der Waals surface area contributed by atoms with Gasteiger partial charge in [0.05, 0.1) is 26.4 Å². The Morgan fingerprint density at radius 3 is 0.687 bits per heavy atom. The average Bonchev–Trinajstić information content (AvgIpc) is 1.22. The number of ether oxygens (including phenoxy) is 4. The summed E-state index contributed by atoms with van der Waals surface area (Å²) in [5.41, 5.74) is 0. The molecule has 0 heterocycles. The minimum atomic E-state index is -4.96. The maximum Gasteiger partial charge on any atom is 0.472 e. The van der Waals surface area contributed by atoms with Crippen LogP contribution >= 0.6 is 15.6 Å². The van der Waals surface area contributed by atoms with Crippen molar-refractivity contribution in [1.82, 2.24) is 0 Å². The number of esters is 4. The van der Waals surface area contributed by atoms with Gasteiger partial charge in [-0.3, -0.25) is 37.3 Å². The van der Waals surface area contributed by atoms with Gasteiger partial charge in [0.2, 0.25) is 0 Å². The van der Waals surface area contributed by atoms with E-state index in [0.29, 0.717) is 25.7 Å². The van der Waals surface area contributed by atoms with E-state index in [0.717, 1.165) is 95.8 Å². The fraction of sp³-hybridized carbons (Fsp3) is 0.950. The molecule has 0 saturated heterocycles. The third-order valence-electron chi connectivity index (χ3n) is 18.8. The molecule has 2 unspecified atom stereocenters. The van der Waals surface area contributed by atoms with Crippen LogP contribution in [0.25, 0.3) is 0 Å². The molecule has 0 rings (SSSR count). The first kappa shape index (κ1) is 97.1. The molecule has 99 heavy (non-hydrogen) atoms. The van der Waals surface area contributed by atoms with Gasteiger partial charge in [-0.1, -0.05) is 375 Å². The zero-order valence-electron chi connectivity index (χ0n) is 64.6. The van der Waals surface area contributed by atoms with Gasteiger partial charge in [-0.25, -0.2) is 9.13 Å². The molecule has 0 aromatic carbocycles. The van der Waals surface area contributed by atoms with E-state index in [1.165, 1.54) is 250 Å². The molecule has 0 spiro atoms. The predicted molar refractivity (Wildman–Crippen MR) is 405 cm³/mol. The van der Waals surface area contributed by atoms with Crippen molar-refractivity contribution in [2.45, 2.75) is 445 Å². The Hall–Kier alpha value is -1.94. The molecule has 17 nitrogen and oxygen atoms in total. The van der Waals surface area contributed by atoms with Gasteiger partial charge >= 0.3 is 39.5 Å². The lowest BCUT2D eigenvalue weighted by molar-refractivity contribution is -0.161. The zero-order valence-corrected chi connectivity index (χ0v) is 66.4. The Bertz CT molecular complexity index is 1890. The Labute approximate surface area is 607 Å². The summed E-state index contributed by atoms with van der Waals surface area (Å²) in [5, 5.41) is 10.6. The normalized spacial score (nSPS) is 13.9. The van der Waals surface area contributed by atoms with Gasteiger partial charge < -0.3 is 33.8 Å². The fourth-order valence-corrected chi connectivity index (χ4v) is 14.0. The minimum Gasteiger partial charge on any atom is -0.462 e. The number of carbonyl (C=O) groups is 4. The van der Waals surface area contributed by atoms with Crippen molar-refractivity contribution in [2.24, 2.45) is 5.92 Å². The van der Waals surface area contributed by atoms with Crippen molar-refractivity contribution in [2.75, 3.05) is 39.6 Å². The van der Waals surface area contributed by atoms with Gasteiger partial charge in [-0.05, 0) is 31.6 Å². The maximum atomic E-state index is 13.1. The number of aliphatic hydroxyl groups excluding tert-OH is 1. The molecule has 3 N–H and O–H groups in total. The molecule has 0 saturated carbocycles. The molecule has 0 bridgehead atoms. The van der Waals surface area contributed by atoms with Crippen LogP contribution in [0.2, 0.25) is 0 Å². The van der Waals surface area contributed by atoms with Crippen LogP contribution in [-0.4, -0.2) is 96.7 Å². The van der Waals surface area contributed by atoms with Crippen LogP contribution < -0.4 is 0 Å². The van der Waals surface area contributed by atoms with E-state index in [4.69, 9.17) is 37.0 Å². The van der Waals surface area contributed by atoms with Crippen LogP contribution in [0.4, 0.5) is 0 Å². The van der Waals surface area contributed by atoms with Crippen molar-refractivity contribution >= 4 is 39.5 Å². The zero-order chi connectivity index (χ0) is 72.7. The summed E-state index contributed by atoms with van der Waals surface area (Å²) in [4.78, 5) is 73.0. The van der Waals surface area contributed by atoms with Crippen LogP contribution in [0.1, 0.15) is 426 Å². The van der Waals surface area contributed by atoms with E-state index >= 15 is 0 Å². The summed E-state index contributed by atoms with van der Waals surface area (Å²) in [6, 6.07) is 0. The van der Waals surface area contributed by atoms with Gasteiger partial charge in [0, 0.05) is 25.7 Å². The molecular formula is C80H156O17P2. The lowest BCUT2D eigenvalue weighted by Crippen LogP contribution is -2.30. The summed E-state index contributed by atoms with van der Waals surface area (Å²) < 4.78 is 68.7. The summed E-state index contributed by atoms with van der Waals surface area (Å²) in [5.74, 6) is -1.38. The Balaban J connectivity index is 5.23. The fourth-order valence-electron chi connectivity index (χ4n) is 12.4. The van der Waals surface area contributed by atoms with Crippen LogP contribution in [-0.2, 0) is 65.4 Å². The summed E-state index contributed by atoms with van der Waals surface area (Å²) in [6.45, 7) is 7.29. The third-order valence-corrected chi connectivity index (χ3v) is 20.7. The monoisotopic (exact) mass is 1450 g/mol. The van der Waals surface area contributed by atoms with Crippen molar-refractivity contribution in [1.29, 1.82) is 0 Å². The first-order chi connectivity index (χ1) is 48.0. The lowest BCUT2D eigenvalue weighted by atomic mass is 10.0. The Morgan fingerprint density at radius 1 is 0.273 bits per heavy atom. The molecule has 0 aromatic heterocycles. The molecule has 0 amide bonds. The Kier molecular flexibility index (Phi) is 71.6. The number of hydrogen-bond donors (Lipinski definition) is 3. The first-order valence-corrected chi connectivity index (χ1v) is 44.6. The molecule has 0 aliphatic carbocycles. The third kappa shape index (κ3) is 74.1. The van der Waals surface area contributed by atoms with E-state index < -0.39 is 97.5 Å². The molecule has 0 aromatic rings. The van der Waals surface area contributed by atoms with E-state index in [-0.39, 0.29) is 25.7 Å². The predicted octanol–water partition coefficient (Wildman–Crippen LogP) is 24.0. The smallest absolute Gasteiger partial charge is 0.462 e. The summed E-state index contributed by atoms with van der Waals surface area (Å²) in [7, 11) is -9.92. The molecule has 0 aliphatic rings. The number of carbonyl (C=O) groups excluding carboxylic acids is 4. The number of rotatable bonds is 80. The summed E-state index contributed by atoms with van der Waals surface area (Å²) >= 11 is 0. The van der Waals surface area contributed by atoms with Gasteiger partial charge in [-0.15, -0.1) is 0 Å². The van der Waals surface area contributed by atoms with Gasteiger partial charge in [-0.2, -0.15) is 0 Å². The highest BCUT2D eigenvalue weighted by Crippen LogP contribution is 2.45. The molecule has 588 valence electrons. The molecule has 0 aliphatic heterocycles. The molecule has 19 heteroatoms. The highest BCUT2D eigenvalue weighted by Gasteiger charge is 2.30. The standard InChI is InChI=1S/C80H156O17P2/c1-6-9-12-15-18-21-24-27-29-31-32-34-36-38-41-44-51-56-61-66-80(85)96-75(69-90-77(82)63-58-53-48-42-40-37-35-33-30-28-25-22-19-16-13-10-7-2)71-94-98(86,87)92-67-74(81)68-93-99(88,89)95-72-76(70-91-78(83)64-59-54-49-46-45-47-52-57-62-73(4)5)97-79(84)65-60-55-50-43-39-26-23-20-17-14-11-8-3/h73-76,81H,6-72H2,1-5H3,(H,86,87)(H,88,89)/t74-,75-,76-/m1/s1. The highest BCUT2D eigenvalue weighted by atomic mass is 31.2. The Morgan fingerprint density at radius 2 is 0.465 bits per heavy atom. The van der Waals surface area contributed by atoms with Gasteiger partial charge in [0.15, 0.2) is 12.2 Å². The molecule has 0 radical (unpaired) electrons. The maximum absolute atomic E-state index is 13.1. The van der Waals surface area contributed by atoms with E-state index in [9.17, 15) is 43.2 Å². The number of phosphoric acid groups is 2. The molecule has 5 atom stereocenters. The van der Waals surface area contributed by atoms with Crippen molar-refractivity contribution < 1.29 is 80.2 Å². The topological polar surface area (TPSA) is 237 Å². The second-order valence-corrected chi connectivity index (χ2v) is 32.2. The highest BCUT2D eigenvalue weighted by molar-refractivity contribution is 7.47. The van der Waals surface area contributed by atoms with E-state index in [1.54, 1.807) is 0 Å². The SMILES string of the molecule is CCCCCCCCCCCCCCCCCCCCCC(=O)O[C@H](COC(=O)CCCCCCCCCCCCCCCCCCC)COP(=O)(O)OC[C@@H](O)COP(=O)(O)OC[C@@H](COC(=O)CCCCCCCCCCC(C)C)OC(=O)CCCCCCCCCCCCCC. The minimum absolute atomic E-state index is 0.107. The van der Waals surface area contributed by atoms with Gasteiger partial charge in [0.1, 0.15) is 19.3 Å². The van der Waals surface area contributed by atoms with Crippen LogP contribution in [0.5, 0.6) is 0 Å². The second-order valence-electron chi connectivity index (χ2n) is 29.3. The first-order valence-electron chi connectivity index (χ1n) is 41.6. The number of aliphatic hydroxyl groups is 1. The van der Waals surface area contributed by atoms with Crippen molar-refractivity contribution in [3.8, 4) is 0 Å². The van der Waals surface area contributed by atoms with Crippen LogP contribution in [0, 0.1) is 5.92 Å². The van der Waals surface area contributed by atoms with Crippen molar-refractivity contribution in [3.63, 3.8) is 0 Å². The number of hydrogen-bond acceptors (Lipinski definition) is 15. The average molecular weight is 1450 g/mol. The van der Waals surface area contributed by atoms with Crippen molar-refractivity contribution in [3.05, 3.63) is 0 Å². The van der Waals surface area contributed by atoms with Crippen LogP contribution in [0.3, 0.4) is 0 Å². The molecular weight excluding hydrogens is 1290 g/mol. The number of unbranched alkanes of at least 4 members (excludes halogenated alkanes) is 52. The van der Waals surface area contributed by atoms with E-state index in [1.807, 2.05) is 0 Å². The quantitative estimate of drug-likeness (QED) is 0.0222. The molecule has 0 fully saturated rings.